The van der Waals surface area contributed by atoms with E-state index in [0.29, 0.717) is 11.6 Å². The average Bonchev–Trinajstić information content (AvgIpc) is 3.23. The quantitative estimate of drug-likeness (QED) is 0.833. The number of ether oxygens (including phenoxy) is 1. The van der Waals surface area contributed by atoms with Crippen molar-refractivity contribution < 1.29 is 17.9 Å². The van der Waals surface area contributed by atoms with Crippen LogP contribution in [0.25, 0.3) is 0 Å². The van der Waals surface area contributed by atoms with Crippen molar-refractivity contribution >= 4 is 27.3 Å². The van der Waals surface area contributed by atoms with E-state index in [0.717, 1.165) is 24.8 Å². The Kier molecular flexibility index (Phi) is 5.21. The van der Waals surface area contributed by atoms with Gasteiger partial charge in [0, 0.05) is 12.0 Å². The average molecular weight is 380 g/mol. The topological polar surface area (TPSA) is 85.4 Å². The van der Waals surface area contributed by atoms with Crippen LogP contribution in [0.2, 0.25) is 0 Å². The lowest BCUT2D eigenvalue weighted by Gasteiger charge is -2.08. The number of sulfonamides is 1. The Bertz CT molecular complexity index is 890. The molecule has 0 fully saturated rings. The smallest absolute Gasteiger partial charge is 0.284 e. The molecule has 3 rings (SSSR count). The van der Waals surface area contributed by atoms with Crippen molar-refractivity contribution in [3.63, 3.8) is 0 Å². The van der Waals surface area contributed by atoms with Gasteiger partial charge in [0.15, 0.2) is 0 Å². The molecule has 0 saturated heterocycles. The zero-order chi connectivity index (χ0) is 18.0. The lowest BCUT2D eigenvalue weighted by atomic mass is 10.1. The molecule has 1 amide bonds. The van der Waals surface area contributed by atoms with Crippen LogP contribution in [-0.2, 0) is 27.6 Å². The van der Waals surface area contributed by atoms with Crippen LogP contribution in [-0.4, -0.2) is 25.9 Å². The number of hydrogen-bond acceptors (Lipinski definition) is 6. The second-order valence-corrected chi connectivity index (χ2v) is 8.46. The first kappa shape index (κ1) is 18.0. The fourth-order valence-corrected chi connectivity index (χ4v) is 4.66. The third kappa shape index (κ3) is 3.91. The number of carbonyl (C=O) groups excluding carboxylic acids is 1. The van der Waals surface area contributed by atoms with Gasteiger partial charge in [-0.25, -0.2) is 18.1 Å². The van der Waals surface area contributed by atoms with Gasteiger partial charge >= 0.3 is 0 Å². The van der Waals surface area contributed by atoms with Crippen molar-refractivity contribution in [1.29, 1.82) is 0 Å². The Labute approximate surface area is 151 Å². The first-order valence-corrected chi connectivity index (χ1v) is 10.5. The molecule has 6 nitrogen and oxygen atoms in total. The number of nitrogens with one attached hydrogen (secondary N) is 1. The third-order valence-corrected chi connectivity index (χ3v) is 6.46. The summed E-state index contributed by atoms with van der Waals surface area (Å²) in [6.45, 7) is 4.25. The highest BCUT2D eigenvalue weighted by molar-refractivity contribution is 7.90. The van der Waals surface area contributed by atoms with Gasteiger partial charge in [0.2, 0.25) is 0 Å². The molecule has 1 N–H and O–H groups in total. The molecule has 0 radical (unpaired) electrons. The summed E-state index contributed by atoms with van der Waals surface area (Å²) >= 11 is 1.27. The molecule has 0 spiro atoms. The minimum Gasteiger partial charge on any atom is -0.372 e. The van der Waals surface area contributed by atoms with E-state index in [9.17, 15) is 13.2 Å². The predicted molar refractivity (Wildman–Crippen MR) is 95.3 cm³/mol. The number of carbonyl (C=O) groups is 1. The summed E-state index contributed by atoms with van der Waals surface area (Å²) in [5.41, 5.74) is 2.30. The molecular formula is C17H20N2O4S2. The van der Waals surface area contributed by atoms with E-state index in [4.69, 9.17) is 4.74 Å². The third-order valence-electron chi connectivity index (χ3n) is 4.13. The molecule has 2 aromatic rings. The maximum Gasteiger partial charge on any atom is 0.284 e. The van der Waals surface area contributed by atoms with Gasteiger partial charge in [-0.2, -0.15) is 0 Å². The SMILES string of the molecule is CCO[C@H](C)c1nc(C(=O)NS(=O)(=O)c2ccc3c(c2)CCC3)cs1. The number of benzene rings is 1. The van der Waals surface area contributed by atoms with Crippen LogP contribution in [0.3, 0.4) is 0 Å². The van der Waals surface area contributed by atoms with Crippen molar-refractivity contribution in [3.8, 4) is 0 Å². The second kappa shape index (κ2) is 7.23. The lowest BCUT2D eigenvalue weighted by molar-refractivity contribution is 0.0760. The molecule has 1 atom stereocenters. The zero-order valence-corrected chi connectivity index (χ0v) is 15.7. The van der Waals surface area contributed by atoms with Crippen molar-refractivity contribution in [3.05, 3.63) is 45.4 Å². The number of aromatic nitrogens is 1. The monoisotopic (exact) mass is 380 g/mol. The van der Waals surface area contributed by atoms with Crippen molar-refractivity contribution in [1.82, 2.24) is 9.71 Å². The minimum absolute atomic E-state index is 0.0799. The van der Waals surface area contributed by atoms with Crippen molar-refractivity contribution in [2.45, 2.75) is 44.1 Å². The molecule has 8 heteroatoms. The molecule has 1 aliphatic rings. The Morgan fingerprint density at radius 2 is 2.12 bits per heavy atom. The number of nitrogens with zero attached hydrogens (tertiary/aromatic N) is 1. The Hall–Kier alpha value is -1.77. The summed E-state index contributed by atoms with van der Waals surface area (Å²) in [7, 11) is -3.92. The Morgan fingerprint density at radius 3 is 2.88 bits per heavy atom. The van der Waals surface area contributed by atoms with Crippen LogP contribution in [0.1, 0.15) is 53.0 Å². The van der Waals surface area contributed by atoms with E-state index in [1.807, 2.05) is 19.9 Å². The van der Waals surface area contributed by atoms with Crippen molar-refractivity contribution in [2.24, 2.45) is 0 Å². The number of fused-ring (bicyclic) bond motifs is 1. The summed E-state index contributed by atoms with van der Waals surface area (Å²) < 4.78 is 32.5. The maximum atomic E-state index is 12.5. The largest absolute Gasteiger partial charge is 0.372 e. The van der Waals surface area contributed by atoms with Gasteiger partial charge in [0.25, 0.3) is 15.9 Å². The lowest BCUT2D eigenvalue weighted by Crippen LogP contribution is -2.31. The van der Waals surface area contributed by atoms with Crippen LogP contribution in [0.4, 0.5) is 0 Å². The van der Waals surface area contributed by atoms with E-state index in [2.05, 4.69) is 9.71 Å². The van der Waals surface area contributed by atoms with Crippen molar-refractivity contribution in [2.75, 3.05) is 6.61 Å². The highest BCUT2D eigenvalue weighted by Crippen LogP contribution is 2.25. The van der Waals surface area contributed by atoms with Crippen LogP contribution >= 0.6 is 11.3 Å². The highest BCUT2D eigenvalue weighted by Gasteiger charge is 2.23. The first-order chi connectivity index (χ1) is 11.9. The van der Waals surface area contributed by atoms with Crippen LogP contribution in [0.15, 0.2) is 28.5 Å². The standard InChI is InChI=1S/C17H20N2O4S2/c1-3-23-11(2)17-18-15(10-24-17)16(20)19-25(21,22)14-8-7-12-5-4-6-13(12)9-14/h7-11H,3-6H2,1-2H3,(H,19,20)/t11-/m1/s1. The Morgan fingerprint density at radius 1 is 1.36 bits per heavy atom. The van der Waals surface area contributed by atoms with Crippen LogP contribution in [0.5, 0.6) is 0 Å². The minimum atomic E-state index is -3.92. The van der Waals surface area contributed by atoms with E-state index in [1.165, 1.54) is 16.9 Å². The van der Waals surface area contributed by atoms with Gasteiger partial charge in [0.1, 0.15) is 16.8 Å². The van der Waals surface area contributed by atoms with E-state index >= 15 is 0 Å². The summed E-state index contributed by atoms with van der Waals surface area (Å²) in [5, 5.41) is 2.18. The number of rotatable bonds is 6. The summed E-state index contributed by atoms with van der Waals surface area (Å²) in [4.78, 5) is 16.6. The Balaban J connectivity index is 1.75. The summed E-state index contributed by atoms with van der Waals surface area (Å²) in [6.07, 6.45) is 2.65. The molecule has 25 heavy (non-hydrogen) atoms. The van der Waals surface area contributed by atoms with Crippen LogP contribution in [0, 0.1) is 0 Å². The van der Waals surface area contributed by atoms with Gasteiger partial charge in [-0.05, 0) is 56.4 Å². The molecule has 134 valence electrons. The molecule has 1 aromatic carbocycles. The van der Waals surface area contributed by atoms with Gasteiger partial charge in [-0.3, -0.25) is 4.79 Å². The second-order valence-electron chi connectivity index (χ2n) is 5.89. The van der Waals surface area contributed by atoms with Gasteiger partial charge < -0.3 is 4.74 Å². The normalized spacial score (nSPS) is 15.0. The molecule has 0 saturated carbocycles. The van der Waals surface area contributed by atoms with Gasteiger partial charge in [-0.15, -0.1) is 11.3 Å². The molecule has 0 unspecified atom stereocenters. The molecule has 0 aliphatic heterocycles. The molecular weight excluding hydrogens is 360 g/mol. The molecule has 1 aliphatic carbocycles. The van der Waals surface area contributed by atoms with E-state index < -0.39 is 15.9 Å². The fraction of sp³-hybridized carbons (Fsp3) is 0.412. The molecule has 1 heterocycles. The number of amides is 1. The maximum absolute atomic E-state index is 12.5. The predicted octanol–water partition coefficient (Wildman–Crippen LogP) is 2.85. The fourth-order valence-electron chi connectivity index (χ4n) is 2.85. The van der Waals surface area contributed by atoms with E-state index in [-0.39, 0.29) is 16.7 Å². The van der Waals surface area contributed by atoms with E-state index in [1.54, 1.807) is 17.5 Å². The summed E-state index contributed by atoms with van der Waals surface area (Å²) in [5.74, 6) is -0.730. The zero-order valence-electron chi connectivity index (χ0n) is 14.1. The highest BCUT2D eigenvalue weighted by atomic mass is 32.2. The van der Waals surface area contributed by atoms with Gasteiger partial charge in [0.05, 0.1) is 4.90 Å². The molecule has 0 bridgehead atoms. The number of aryl methyl sites for hydroxylation is 2. The van der Waals surface area contributed by atoms with Gasteiger partial charge in [-0.1, -0.05) is 6.07 Å². The van der Waals surface area contributed by atoms with Crippen LogP contribution < -0.4 is 4.72 Å². The first-order valence-electron chi connectivity index (χ1n) is 8.16. The summed E-state index contributed by atoms with van der Waals surface area (Å²) in [6, 6.07) is 5.02. The molecule has 1 aromatic heterocycles. The number of thiazole rings is 1. The number of hydrogen-bond donors (Lipinski definition) is 1.